The average Bonchev–Trinajstić information content (AvgIpc) is 3.23. The Morgan fingerprint density at radius 1 is 1.20 bits per heavy atom. The lowest BCUT2D eigenvalue weighted by atomic mass is 9.50. The van der Waals surface area contributed by atoms with Crippen molar-refractivity contribution in [2.24, 2.45) is 5.92 Å². The van der Waals surface area contributed by atoms with Gasteiger partial charge in [-0.05, 0) is 50.4 Å². The predicted molar refractivity (Wildman–Crippen MR) is 91.2 cm³/mol. The van der Waals surface area contributed by atoms with Crippen LogP contribution in [0.1, 0.15) is 30.4 Å². The van der Waals surface area contributed by atoms with Crippen LogP contribution in [-0.4, -0.2) is 56.7 Å². The largest absolute Gasteiger partial charge is 0.493 e. The van der Waals surface area contributed by atoms with E-state index >= 15 is 0 Å². The SMILES string of the molecule is COc1ccc2c3c1OC1C4(CCC5[C@@H](C2)N(C)CCC351)OCCO4. The summed E-state index contributed by atoms with van der Waals surface area (Å²) in [7, 11) is 4.02. The second-order valence-corrected chi connectivity index (χ2v) is 8.33. The van der Waals surface area contributed by atoms with E-state index in [-0.39, 0.29) is 11.5 Å². The standard InChI is InChI=1S/C20H25NO4/c1-21-8-7-19-13-5-6-20(23-9-10-24-20)18(19)25-17-15(22-2)4-3-12(16(17)19)11-14(13)21/h3-4,13-14,18H,5-11H2,1-2H3/t13?,14-,18?,19?/m1/s1. The molecule has 0 amide bonds. The third-order valence-electron chi connectivity index (χ3n) is 7.58. The Hall–Kier alpha value is -1.30. The van der Waals surface area contributed by atoms with Gasteiger partial charge in [0.1, 0.15) is 0 Å². The van der Waals surface area contributed by atoms with Crippen molar-refractivity contribution < 1.29 is 18.9 Å². The minimum absolute atomic E-state index is 0.0111. The van der Waals surface area contributed by atoms with Gasteiger partial charge in [0, 0.05) is 23.4 Å². The van der Waals surface area contributed by atoms with Gasteiger partial charge in [-0.1, -0.05) is 6.07 Å². The zero-order valence-corrected chi connectivity index (χ0v) is 14.9. The Labute approximate surface area is 148 Å². The zero-order valence-electron chi connectivity index (χ0n) is 14.9. The van der Waals surface area contributed by atoms with E-state index in [0.29, 0.717) is 25.2 Å². The van der Waals surface area contributed by atoms with Crippen molar-refractivity contribution in [3.8, 4) is 11.5 Å². The topological polar surface area (TPSA) is 40.2 Å². The summed E-state index contributed by atoms with van der Waals surface area (Å²) < 4.78 is 24.8. The fourth-order valence-electron chi connectivity index (χ4n) is 6.63. The van der Waals surface area contributed by atoms with Gasteiger partial charge >= 0.3 is 0 Å². The van der Waals surface area contributed by atoms with Gasteiger partial charge in [-0.3, -0.25) is 0 Å². The van der Waals surface area contributed by atoms with E-state index in [9.17, 15) is 0 Å². The molecule has 1 aromatic carbocycles. The molecule has 0 N–H and O–H groups in total. The first kappa shape index (κ1) is 14.8. The maximum absolute atomic E-state index is 6.68. The highest BCUT2D eigenvalue weighted by Crippen LogP contribution is 2.66. The summed E-state index contributed by atoms with van der Waals surface area (Å²) in [4.78, 5) is 2.56. The van der Waals surface area contributed by atoms with Crippen molar-refractivity contribution in [1.29, 1.82) is 0 Å². The molecule has 2 aliphatic carbocycles. The van der Waals surface area contributed by atoms with Gasteiger partial charge in [0.25, 0.3) is 0 Å². The van der Waals surface area contributed by atoms with E-state index in [0.717, 1.165) is 43.7 Å². The summed E-state index contributed by atoms with van der Waals surface area (Å²) >= 11 is 0. The molecule has 4 atom stereocenters. The van der Waals surface area contributed by atoms with Gasteiger partial charge in [-0.15, -0.1) is 0 Å². The smallest absolute Gasteiger partial charge is 0.206 e. The second kappa shape index (κ2) is 4.70. The zero-order chi connectivity index (χ0) is 16.8. The third kappa shape index (κ3) is 1.57. The van der Waals surface area contributed by atoms with Gasteiger partial charge in [0.2, 0.25) is 5.79 Å². The van der Waals surface area contributed by atoms with Gasteiger partial charge in [0.05, 0.1) is 20.3 Å². The molecule has 2 spiro atoms. The molecule has 3 aliphatic heterocycles. The Bertz CT molecular complexity index is 743. The first-order valence-corrected chi connectivity index (χ1v) is 9.55. The summed E-state index contributed by atoms with van der Waals surface area (Å²) in [5.41, 5.74) is 2.85. The molecule has 5 nitrogen and oxygen atoms in total. The number of hydrogen-bond donors (Lipinski definition) is 0. The number of ether oxygens (including phenoxy) is 4. The van der Waals surface area contributed by atoms with E-state index in [4.69, 9.17) is 18.9 Å². The summed E-state index contributed by atoms with van der Waals surface area (Å²) in [6.45, 7) is 2.45. The average molecular weight is 343 g/mol. The van der Waals surface area contributed by atoms with Crippen LogP contribution in [0.4, 0.5) is 0 Å². The molecule has 2 saturated heterocycles. The Morgan fingerprint density at radius 3 is 2.84 bits per heavy atom. The Balaban J connectivity index is 1.62. The van der Waals surface area contributed by atoms with E-state index in [1.165, 1.54) is 11.1 Å². The Kier molecular flexibility index (Phi) is 2.79. The van der Waals surface area contributed by atoms with Crippen molar-refractivity contribution in [1.82, 2.24) is 4.90 Å². The summed E-state index contributed by atoms with van der Waals surface area (Å²) in [6, 6.07) is 4.91. The van der Waals surface area contributed by atoms with Crippen LogP contribution in [0.5, 0.6) is 11.5 Å². The molecule has 25 heavy (non-hydrogen) atoms. The van der Waals surface area contributed by atoms with Gasteiger partial charge < -0.3 is 23.8 Å². The molecule has 3 unspecified atom stereocenters. The first-order chi connectivity index (χ1) is 12.2. The molecule has 0 aromatic heterocycles. The number of methoxy groups -OCH3 is 1. The normalized spacial score (nSPS) is 40.0. The first-order valence-electron chi connectivity index (χ1n) is 9.55. The van der Waals surface area contributed by atoms with Crippen molar-refractivity contribution in [2.75, 3.05) is 33.9 Å². The molecule has 3 heterocycles. The molecule has 1 aromatic rings. The number of piperidine rings is 1. The number of likely N-dealkylation sites (tertiary alicyclic amines) is 1. The van der Waals surface area contributed by atoms with Crippen LogP contribution in [0.2, 0.25) is 0 Å². The third-order valence-corrected chi connectivity index (χ3v) is 7.58. The number of nitrogens with zero attached hydrogens (tertiary/aromatic N) is 1. The molecule has 134 valence electrons. The predicted octanol–water partition coefficient (Wildman–Crippen LogP) is 2.11. The number of rotatable bonds is 1. The van der Waals surface area contributed by atoms with Crippen LogP contribution in [0.15, 0.2) is 12.1 Å². The van der Waals surface area contributed by atoms with Crippen LogP contribution in [0.3, 0.4) is 0 Å². The molecule has 5 aliphatic rings. The minimum atomic E-state index is -0.574. The van der Waals surface area contributed by atoms with Crippen LogP contribution in [0.25, 0.3) is 0 Å². The quantitative estimate of drug-likeness (QED) is 0.781. The van der Waals surface area contributed by atoms with Gasteiger partial charge in [-0.25, -0.2) is 0 Å². The number of hydrogen-bond acceptors (Lipinski definition) is 5. The summed E-state index contributed by atoms with van der Waals surface area (Å²) in [5.74, 6) is 1.84. The highest BCUT2D eigenvalue weighted by molar-refractivity contribution is 5.61. The van der Waals surface area contributed by atoms with Crippen molar-refractivity contribution in [3.05, 3.63) is 23.3 Å². The highest BCUT2D eigenvalue weighted by atomic mass is 16.8. The van der Waals surface area contributed by atoms with Crippen LogP contribution >= 0.6 is 0 Å². The highest BCUT2D eigenvalue weighted by Gasteiger charge is 2.71. The van der Waals surface area contributed by atoms with Crippen LogP contribution < -0.4 is 9.47 Å². The van der Waals surface area contributed by atoms with Crippen LogP contribution in [-0.2, 0) is 21.3 Å². The van der Waals surface area contributed by atoms with Crippen molar-refractivity contribution >= 4 is 0 Å². The van der Waals surface area contributed by atoms with Gasteiger partial charge in [0.15, 0.2) is 17.6 Å². The molecule has 2 bridgehead atoms. The van der Waals surface area contributed by atoms with E-state index in [1.807, 2.05) is 0 Å². The second-order valence-electron chi connectivity index (χ2n) is 8.33. The number of benzene rings is 1. The van der Waals surface area contributed by atoms with Crippen LogP contribution in [0, 0.1) is 5.92 Å². The van der Waals surface area contributed by atoms with Crippen molar-refractivity contribution in [3.63, 3.8) is 0 Å². The molecular formula is C20H25NO4. The maximum Gasteiger partial charge on any atom is 0.206 e. The van der Waals surface area contributed by atoms with Crippen molar-refractivity contribution in [2.45, 2.75) is 49.0 Å². The summed E-state index contributed by atoms with van der Waals surface area (Å²) in [6.07, 6.45) is 4.24. The lowest BCUT2D eigenvalue weighted by Gasteiger charge is -2.60. The fraction of sp³-hybridized carbons (Fsp3) is 0.700. The monoisotopic (exact) mass is 343 g/mol. The fourth-order valence-corrected chi connectivity index (χ4v) is 6.63. The molecule has 1 saturated carbocycles. The Morgan fingerprint density at radius 2 is 2.04 bits per heavy atom. The lowest BCUT2D eigenvalue weighted by Crippen LogP contribution is -2.69. The molecule has 6 rings (SSSR count). The maximum atomic E-state index is 6.68. The van der Waals surface area contributed by atoms with Gasteiger partial charge in [-0.2, -0.15) is 0 Å². The van der Waals surface area contributed by atoms with E-state index in [2.05, 4.69) is 24.1 Å². The molecule has 3 fully saturated rings. The molecular weight excluding hydrogens is 318 g/mol. The van der Waals surface area contributed by atoms with E-state index in [1.54, 1.807) is 7.11 Å². The number of likely N-dealkylation sites (N-methyl/N-ethyl adjacent to an activating group) is 1. The minimum Gasteiger partial charge on any atom is -0.493 e. The molecule has 0 radical (unpaired) electrons. The molecule has 5 heteroatoms. The number of fused-ring (bicyclic) bond motifs is 1. The summed E-state index contributed by atoms with van der Waals surface area (Å²) in [5, 5.41) is 0. The lowest BCUT2D eigenvalue weighted by molar-refractivity contribution is -0.260. The van der Waals surface area contributed by atoms with E-state index < -0.39 is 5.79 Å².